The number of carbonyl (C=O) groups excluding carboxylic acids is 1. The van der Waals surface area contributed by atoms with Gasteiger partial charge in [-0.15, -0.1) is 11.3 Å². The number of Topliss-reactive ketones (excluding diaryl/α,β-unsaturated/α-hetero) is 1. The van der Waals surface area contributed by atoms with Gasteiger partial charge in [-0.05, 0) is 41.1 Å². The van der Waals surface area contributed by atoms with Crippen molar-refractivity contribution in [1.29, 1.82) is 0 Å². The molecule has 1 aliphatic rings. The summed E-state index contributed by atoms with van der Waals surface area (Å²) in [4.78, 5) is 14.3. The second-order valence-corrected chi connectivity index (χ2v) is 6.13. The fourth-order valence-corrected chi connectivity index (χ4v) is 3.31. The molecule has 0 saturated heterocycles. The molecule has 18 heavy (non-hydrogen) atoms. The summed E-state index contributed by atoms with van der Waals surface area (Å²) in [5.74, 6) is 0.985. The highest BCUT2D eigenvalue weighted by Crippen LogP contribution is 2.33. The van der Waals surface area contributed by atoms with Gasteiger partial charge in [0.05, 0.1) is 5.56 Å². The van der Waals surface area contributed by atoms with Crippen molar-refractivity contribution < 1.29 is 9.53 Å². The first-order valence-corrected chi connectivity index (χ1v) is 7.05. The van der Waals surface area contributed by atoms with E-state index in [1.165, 1.54) is 4.88 Å². The topological polar surface area (TPSA) is 26.3 Å². The molecule has 0 radical (unpaired) electrons. The minimum absolute atomic E-state index is 0.0484. The van der Waals surface area contributed by atoms with Crippen LogP contribution in [0.1, 0.15) is 20.1 Å². The zero-order valence-electron chi connectivity index (χ0n) is 9.57. The number of benzene rings is 1. The molecule has 0 fully saturated rings. The number of para-hydroxylation sites is 1. The lowest BCUT2D eigenvalue weighted by atomic mass is 10.1. The van der Waals surface area contributed by atoms with Gasteiger partial charge in [0.2, 0.25) is 5.78 Å². The normalized spacial score (nSPS) is 15.9. The molecule has 4 heteroatoms. The van der Waals surface area contributed by atoms with E-state index < -0.39 is 0 Å². The van der Waals surface area contributed by atoms with Gasteiger partial charge in [-0.2, -0.15) is 0 Å². The third-order valence-electron chi connectivity index (χ3n) is 2.73. The second kappa shape index (κ2) is 4.37. The van der Waals surface area contributed by atoms with Crippen LogP contribution in [0.25, 0.3) is 6.08 Å². The summed E-state index contributed by atoms with van der Waals surface area (Å²) in [7, 11) is 0. The van der Waals surface area contributed by atoms with Crippen LogP contribution in [0.2, 0.25) is 0 Å². The van der Waals surface area contributed by atoms with Gasteiger partial charge in [-0.25, -0.2) is 0 Å². The van der Waals surface area contributed by atoms with Crippen LogP contribution in [0.15, 0.2) is 40.6 Å². The van der Waals surface area contributed by atoms with Crippen LogP contribution in [0.3, 0.4) is 0 Å². The first-order valence-electron chi connectivity index (χ1n) is 5.44. The predicted octanol–water partition coefficient (Wildman–Crippen LogP) is 4.44. The Morgan fingerprint density at radius 3 is 2.78 bits per heavy atom. The van der Waals surface area contributed by atoms with Crippen molar-refractivity contribution in [2.45, 2.75) is 6.92 Å². The number of aryl methyl sites for hydroxylation is 1. The molecule has 1 aromatic heterocycles. The van der Waals surface area contributed by atoms with Gasteiger partial charge in [-0.1, -0.05) is 12.1 Å². The number of thiophene rings is 1. The number of fused-ring (bicyclic) bond motifs is 1. The number of ketones is 1. The summed E-state index contributed by atoms with van der Waals surface area (Å²) in [6, 6.07) is 9.29. The number of ether oxygens (including phenoxy) is 1. The summed E-state index contributed by atoms with van der Waals surface area (Å²) in [5.41, 5.74) is 0.635. The Bertz CT molecular complexity index is 651. The maximum absolute atomic E-state index is 12.1. The first kappa shape index (κ1) is 11.7. The van der Waals surface area contributed by atoms with E-state index in [2.05, 4.69) is 15.9 Å². The summed E-state index contributed by atoms with van der Waals surface area (Å²) in [5, 5.41) is 0. The zero-order valence-corrected chi connectivity index (χ0v) is 12.0. The molecule has 2 aromatic rings. The van der Waals surface area contributed by atoms with Crippen molar-refractivity contribution in [3.8, 4) is 5.75 Å². The number of halogens is 1. The maximum atomic E-state index is 12.1. The van der Waals surface area contributed by atoms with Crippen LogP contribution in [-0.2, 0) is 0 Å². The van der Waals surface area contributed by atoms with Gasteiger partial charge in [0.25, 0.3) is 0 Å². The number of hydrogen-bond donors (Lipinski definition) is 0. The lowest BCUT2D eigenvalue weighted by Crippen LogP contribution is -1.97. The van der Waals surface area contributed by atoms with E-state index >= 15 is 0 Å². The van der Waals surface area contributed by atoms with Crippen LogP contribution in [0, 0.1) is 6.92 Å². The van der Waals surface area contributed by atoms with E-state index in [1.54, 1.807) is 23.5 Å². The van der Waals surface area contributed by atoms with Gasteiger partial charge in [0, 0.05) is 20.3 Å². The highest BCUT2D eigenvalue weighted by molar-refractivity contribution is 9.10. The Hall–Kier alpha value is -1.39. The molecule has 0 unspecified atom stereocenters. The SMILES string of the molecule is Cc1sc(/C=C2\Oc3ccccc3C2=O)cc1Br. The molecule has 1 aromatic carbocycles. The summed E-state index contributed by atoms with van der Waals surface area (Å²) < 4.78 is 6.63. The number of carbonyl (C=O) groups is 1. The molecule has 90 valence electrons. The van der Waals surface area contributed by atoms with Crippen molar-refractivity contribution in [2.75, 3.05) is 0 Å². The highest BCUT2D eigenvalue weighted by Gasteiger charge is 2.26. The van der Waals surface area contributed by atoms with E-state index in [9.17, 15) is 4.79 Å². The predicted molar refractivity (Wildman–Crippen MR) is 76.1 cm³/mol. The highest BCUT2D eigenvalue weighted by atomic mass is 79.9. The Morgan fingerprint density at radius 1 is 1.33 bits per heavy atom. The van der Waals surface area contributed by atoms with Crippen molar-refractivity contribution in [3.05, 3.63) is 55.9 Å². The Balaban J connectivity index is 1.99. The van der Waals surface area contributed by atoms with Crippen molar-refractivity contribution in [1.82, 2.24) is 0 Å². The molecule has 0 saturated carbocycles. The van der Waals surface area contributed by atoms with E-state index in [0.717, 1.165) is 9.35 Å². The monoisotopic (exact) mass is 320 g/mol. The molecule has 2 heterocycles. The lowest BCUT2D eigenvalue weighted by Gasteiger charge is -1.95. The third kappa shape index (κ3) is 1.91. The van der Waals surface area contributed by atoms with Crippen molar-refractivity contribution in [3.63, 3.8) is 0 Å². The van der Waals surface area contributed by atoms with E-state index in [1.807, 2.05) is 31.2 Å². The summed E-state index contributed by atoms with van der Waals surface area (Å²) >= 11 is 5.09. The molecule has 2 nitrogen and oxygen atoms in total. The number of hydrogen-bond acceptors (Lipinski definition) is 3. The summed E-state index contributed by atoms with van der Waals surface area (Å²) in [6.45, 7) is 2.03. The largest absolute Gasteiger partial charge is 0.452 e. The van der Waals surface area contributed by atoms with Gasteiger partial charge >= 0.3 is 0 Å². The Kier molecular flexibility index (Phi) is 2.84. The molecule has 0 N–H and O–H groups in total. The zero-order chi connectivity index (χ0) is 12.7. The van der Waals surface area contributed by atoms with Crippen LogP contribution in [0.4, 0.5) is 0 Å². The quantitative estimate of drug-likeness (QED) is 0.726. The molecule has 3 rings (SSSR count). The van der Waals surface area contributed by atoms with Crippen molar-refractivity contribution in [2.24, 2.45) is 0 Å². The Labute approximate surface area is 117 Å². The van der Waals surface area contributed by atoms with Crippen LogP contribution < -0.4 is 4.74 Å². The van der Waals surface area contributed by atoms with Crippen LogP contribution in [0.5, 0.6) is 5.75 Å². The molecule has 0 amide bonds. The second-order valence-electron chi connectivity index (χ2n) is 3.99. The molecule has 0 spiro atoms. The average molecular weight is 321 g/mol. The minimum Gasteiger partial charge on any atom is -0.452 e. The first-order chi connectivity index (χ1) is 8.65. The maximum Gasteiger partial charge on any atom is 0.231 e. The average Bonchev–Trinajstić information content (AvgIpc) is 2.83. The minimum atomic E-state index is -0.0484. The fourth-order valence-electron chi connectivity index (χ4n) is 1.82. The lowest BCUT2D eigenvalue weighted by molar-refractivity contribution is 0.101. The Morgan fingerprint density at radius 2 is 2.11 bits per heavy atom. The molecular weight excluding hydrogens is 312 g/mol. The molecule has 1 aliphatic heterocycles. The van der Waals surface area contributed by atoms with Gasteiger partial charge in [-0.3, -0.25) is 4.79 Å². The fraction of sp³-hybridized carbons (Fsp3) is 0.0714. The van der Waals surface area contributed by atoms with Crippen LogP contribution in [-0.4, -0.2) is 5.78 Å². The smallest absolute Gasteiger partial charge is 0.231 e. The van der Waals surface area contributed by atoms with E-state index in [0.29, 0.717) is 17.1 Å². The molecule has 0 atom stereocenters. The third-order valence-corrected chi connectivity index (χ3v) is 4.81. The van der Waals surface area contributed by atoms with Crippen molar-refractivity contribution >= 4 is 39.1 Å². The van der Waals surface area contributed by atoms with E-state index in [-0.39, 0.29) is 5.78 Å². The van der Waals surface area contributed by atoms with E-state index in [4.69, 9.17) is 4.74 Å². The molecular formula is C14H9BrO2S. The van der Waals surface area contributed by atoms with Gasteiger partial charge < -0.3 is 4.74 Å². The standard InChI is InChI=1S/C14H9BrO2S/c1-8-11(15)6-9(18-8)7-13-14(16)10-4-2-3-5-12(10)17-13/h2-7H,1H3/b13-7-. The van der Waals surface area contributed by atoms with Gasteiger partial charge in [0.1, 0.15) is 5.75 Å². The molecule has 0 aliphatic carbocycles. The van der Waals surface area contributed by atoms with Gasteiger partial charge in [0.15, 0.2) is 5.76 Å². The molecule has 0 bridgehead atoms. The summed E-state index contributed by atoms with van der Waals surface area (Å²) in [6.07, 6.45) is 1.80. The van der Waals surface area contributed by atoms with Crippen LogP contribution >= 0.6 is 27.3 Å². The number of allylic oxidation sites excluding steroid dienone is 1. The number of rotatable bonds is 1.